The highest BCUT2D eigenvalue weighted by Gasteiger charge is 2.45. The van der Waals surface area contributed by atoms with Gasteiger partial charge >= 0.3 is 0 Å². The summed E-state index contributed by atoms with van der Waals surface area (Å²) in [5.41, 5.74) is 18.9. The monoisotopic (exact) mass is 485 g/mol. The molecule has 190 valence electrons. The largest absolute Gasteiger partial charge is 0.342 e. The van der Waals surface area contributed by atoms with Crippen LogP contribution in [0, 0.1) is 17.3 Å². The molecule has 3 aliphatic rings. The molecule has 1 amide bonds. The maximum Gasteiger partial charge on any atom is 0.229 e. The quantitative estimate of drug-likeness (QED) is 0.214. The van der Waals surface area contributed by atoms with Gasteiger partial charge in [0.2, 0.25) is 5.91 Å². The lowest BCUT2D eigenvalue weighted by atomic mass is 9.69. The van der Waals surface area contributed by atoms with Crippen molar-refractivity contribution >= 4 is 23.6 Å². The van der Waals surface area contributed by atoms with Gasteiger partial charge in [0.25, 0.3) is 0 Å². The first-order valence-electron chi connectivity index (χ1n) is 12.6. The number of nitrogens with two attached hydrogens (primary N) is 3. The first-order chi connectivity index (χ1) is 15.7. The Hall–Kier alpha value is -0.780. The first-order valence-corrected chi connectivity index (χ1v) is 13.4. The van der Waals surface area contributed by atoms with E-state index < -0.39 is 24.3 Å². The van der Waals surface area contributed by atoms with Crippen molar-refractivity contribution in [3.05, 3.63) is 0 Å². The van der Waals surface area contributed by atoms with Crippen molar-refractivity contribution in [1.82, 2.24) is 15.4 Å². The summed E-state index contributed by atoms with van der Waals surface area (Å²) in [4.78, 5) is 18.5. The molecule has 1 aliphatic carbocycles. The van der Waals surface area contributed by atoms with Crippen molar-refractivity contribution in [2.24, 2.45) is 39.4 Å². The smallest absolute Gasteiger partial charge is 0.229 e. The van der Waals surface area contributed by atoms with Crippen LogP contribution in [0.1, 0.15) is 65.2 Å². The molecule has 2 fully saturated rings. The molecule has 1 saturated carbocycles. The number of alkyl halides is 1. The van der Waals surface area contributed by atoms with E-state index in [9.17, 15) is 9.18 Å². The SMILES string of the molecule is CCC12CCCC(F)C(=NC(C(C(=O)NC3SNC(C)C3C(CCN)NC)C(N)N)C1)CC2. The van der Waals surface area contributed by atoms with Crippen LogP contribution in [0.4, 0.5) is 4.39 Å². The van der Waals surface area contributed by atoms with Crippen molar-refractivity contribution < 1.29 is 9.18 Å². The Labute approximate surface area is 202 Å². The Balaban J connectivity index is 1.84. The number of nitrogens with one attached hydrogen (secondary N) is 3. The third-order valence-corrected chi connectivity index (χ3v) is 9.39. The van der Waals surface area contributed by atoms with Gasteiger partial charge in [0.1, 0.15) is 6.17 Å². The van der Waals surface area contributed by atoms with Crippen molar-refractivity contribution in [2.75, 3.05) is 13.6 Å². The Morgan fingerprint density at radius 2 is 2.15 bits per heavy atom. The van der Waals surface area contributed by atoms with Crippen LogP contribution in [0.3, 0.4) is 0 Å². The second-order valence-electron chi connectivity index (χ2n) is 10.2. The summed E-state index contributed by atoms with van der Waals surface area (Å²) in [6.07, 6.45) is 4.51. The van der Waals surface area contributed by atoms with Gasteiger partial charge in [0.05, 0.1) is 23.5 Å². The molecule has 3 rings (SSSR count). The topological polar surface area (TPSA) is 144 Å². The van der Waals surface area contributed by atoms with E-state index >= 15 is 0 Å². The molecule has 2 bridgehead atoms. The fraction of sp³-hybridized carbons (Fsp3) is 0.913. The third-order valence-electron chi connectivity index (χ3n) is 8.20. The first kappa shape index (κ1) is 26.8. The molecular weight excluding hydrogens is 441 g/mol. The van der Waals surface area contributed by atoms with Crippen LogP contribution < -0.4 is 32.6 Å². The molecule has 2 heterocycles. The lowest BCUT2D eigenvalue weighted by molar-refractivity contribution is -0.127. The number of carbonyl (C=O) groups is 1. The second kappa shape index (κ2) is 11.8. The normalized spacial score (nSPS) is 36.6. The molecule has 0 radical (unpaired) electrons. The maximum atomic E-state index is 14.9. The lowest BCUT2D eigenvalue weighted by Crippen LogP contribution is -2.56. The minimum absolute atomic E-state index is 0.0581. The van der Waals surface area contributed by atoms with Gasteiger partial charge in [-0.2, -0.15) is 0 Å². The second-order valence-corrected chi connectivity index (χ2v) is 11.2. The number of halogens is 1. The van der Waals surface area contributed by atoms with Gasteiger partial charge in [-0.05, 0) is 70.9 Å². The fourth-order valence-electron chi connectivity index (χ4n) is 6.09. The Morgan fingerprint density at radius 1 is 1.39 bits per heavy atom. The zero-order valence-corrected chi connectivity index (χ0v) is 21.2. The molecule has 0 spiro atoms. The zero-order chi connectivity index (χ0) is 24.2. The summed E-state index contributed by atoms with van der Waals surface area (Å²) in [7, 11) is 1.93. The Kier molecular flexibility index (Phi) is 9.56. The van der Waals surface area contributed by atoms with Crippen LogP contribution >= 0.6 is 11.9 Å². The van der Waals surface area contributed by atoms with Gasteiger partial charge < -0.3 is 27.8 Å². The summed E-state index contributed by atoms with van der Waals surface area (Å²) < 4.78 is 18.3. The van der Waals surface area contributed by atoms with E-state index in [2.05, 4.69) is 29.2 Å². The number of hydrogen-bond donors (Lipinski definition) is 6. The number of carbonyl (C=O) groups excluding carboxylic acids is 1. The van der Waals surface area contributed by atoms with E-state index in [0.717, 1.165) is 38.5 Å². The summed E-state index contributed by atoms with van der Waals surface area (Å²) in [6, 6.07) is -0.0384. The van der Waals surface area contributed by atoms with Crippen LogP contribution in [0.2, 0.25) is 0 Å². The number of hydrogen-bond acceptors (Lipinski definition) is 8. The van der Waals surface area contributed by atoms with Gasteiger partial charge in [-0.3, -0.25) is 14.5 Å². The van der Waals surface area contributed by atoms with Gasteiger partial charge in [-0.25, -0.2) is 4.39 Å². The predicted octanol–water partition coefficient (Wildman–Crippen LogP) is 1.39. The Bertz CT molecular complexity index is 696. The van der Waals surface area contributed by atoms with E-state index in [4.69, 9.17) is 22.2 Å². The van der Waals surface area contributed by atoms with Crippen LogP contribution in [-0.2, 0) is 4.79 Å². The summed E-state index contributed by atoms with van der Waals surface area (Å²) in [6.45, 7) is 4.88. The maximum absolute atomic E-state index is 14.9. The molecule has 33 heavy (non-hydrogen) atoms. The number of amides is 1. The fourth-order valence-corrected chi connectivity index (χ4v) is 7.37. The zero-order valence-electron chi connectivity index (χ0n) is 20.4. The van der Waals surface area contributed by atoms with Crippen molar-refractivity contribution in [2.45, 2.75) is 101 Å². The highest BCUT2D eigenvalue weighted by Crippen LogP contribution is 2.45. The summed E-state index contributed by atoms with van der Waals surface area (Å²) in [5, 5.41) is 6.42. The van der Waals surface area contributed by atoms with E-state index in [-0.39, 0.29) is 34.7 Å². The highest BCUT2D eigenvalue weighted by atomic mass is 32.2. The third kappa shape index (κ3) is 6.08. The number of fused-ring (bicyclic) bond motifs is 3. The highest BCUT2D eigenvalue weighted by molar-refractivity contribution is 7.98. The predicted molar refractivity (Wildman–Crippen MR) is 134 cm³/mol. The number of nitrogens with zero attached hydrogens (tertiary/aromatic N) is 1. The average molecular weight is 486 g/mol. The molecule has 10 heteroatoms. The van der Waals surface area contributed by atoms with Gasteiger partial charge in [-0.15, -0.1) is 0 Å². The van der Waals surface area contributed by atoms with E-state index in [0.29, 0.717) is 25.1 Å². The molecule has 0 aromatic heterocycles. The van der Waals surface area contributed by atoms with Crippen LogP contribution in [0.25, 0.3) is 0 Å². The van der Waals surface area contributed by atoms with E-state index in [1.807, 2.05) is 7.05 Å². The summed E-state index contributed by atoms with van der Waals surface area (Å²) in [5.74, 6) is -0.739. The molecule has 8 nitrogen and oxygen atoms in total. The average Bonchev–Trinajstić information content (AvgIpc) is 3.03. The minimum Gasteiger partial charge on any atom is -0.342 e. The lowest BCUT2D eigenvalue weighted by Gasteiger charge is -2.37. The number of aliphatic imine (C=N–C) groups is 1. The molecule has 0 aromatic carbocycles. The van der Waals surface area contributed by atoms with Crippen LogP contribution in [-0.4, -0.2) is 61.0 Å². The van der Waals surface area contributed by atoms with Gasteiger partial charge in [0, 0.05) is 23.7 Å². The van der Waals surface area contributed by atoms with Gasteiger partial charge in [-0.1, -0.05) is 25.3 Å². The minimum atomic E-state index is -1.04. The molecule has 2 aliphatic heterocycles. The molecule has 8 atom stereocenters. The summed E-state index contributed by atoms with van der Waals surface area (Å²) >= 11 is 1.52. The molecule has 0 aromatic rings. The van der Waals surface area contributed by atoms with Crippen LogP contribution in [0.5, 0.6) is 0 Å². The molecule has 8 unspecified atom stereocenters. The molecule has 9 N–H and O–H groups in total. The van der Waals surface area contributed by atoms with Crippen molar-refractivity contribution in [3.8, 4) is 0 Å². The van der Waals surface area contributed by atoms with E-state index in [1.165, 1.54) is 11.9 Å². The molecular formula is C23H44FN7OS. The molecule has 1 saturated heterocycles. The van der Waals surface area contributed by atoms with Crippen LogP contribution in [0.15, 0.2) is 4.99 Å². The Morgan fingerprint density at radius 3 is 2.79 bits per heavy atom. The van der Waals surface area contributed by atoms with Gasteiger partial charge in [0.15, 0.2) is 0 Å². The number of rotatable bonds is 9. The van der Waals surface area contributed by atoms with Crippen molar-refractivity contribution in [1.29, 1.82) is 0 Å². The standard InChI is InChI=1S/C23H44FN7OS/c1-4-23-9-5-6-14(24)15(7-10-23)29-17(12-23)19(20(26)27)21(32)30-22-18(13(2)31-33-22)16(28-3)8-11-25/h13-14,16-20,22,28,31H,4-12,25-27H2,1-3H3,(H,30,32). The van der Waals surface area contributed by atoms with E-state index in [1.54, 1.807) is 0 Å². The van der Waals surface area contributed by atoms with Crippen molar-refractivity contribution in [3.63, 3.8) is 0 Å².